The van der Waals surface area contributed by atoms with E-state index in [0.717, 1.165) is 18.4 Å². The maximum atomic E-state index is 13.0. The second kappa shape index (κ2) is 5.74. The van der Waals surface area contributed by atoms with Crippen molar-refractivity contribution in [3.05, 3.63) is 69.2 Å². The van der Waals surface area contributed by atoms with Crippen LogP contribution in [0.2, 0.25) is 5.02 Å². The second-order valence-corrected chi connectivity index (χ2v) is 8.75. The van der Waals surface area contributed by atoms with Crippen molar-refractivity contribution < 1.29 is 4.79 Å². The number of fused-ring (bicyclic) bond motifs is 1. The summed E-state index contributed by atoms with van der Waals surface area (Å²) in [4.78, 5) is 13.0. The Bertz CT molecular complexity index is 797. The summed E-state index contributed by atoms with van der Waals surface area (Å²) < 4.78 is 0. The fraction of sp³-hybridized carbons (Fsp3) is 0.409. The molecular weight excluding hydrogens is 316 g/mol. The third kappa shape index (κ3) is 2.91. The zero-order valence-corrected chi connectivity index (χ0v) is 15.9. The number of carbonyl (C=O) groups is 1. The molecule has 0 atom stereocenters. The van der Waals surface area contributed by atoms with Gasteiger partial charge in [0, 0.05) is 11.1 Å². The van der Waals surface area contributed by atoms with E-state index in [0.29, 0.717) is 16.1 Å². The summed E-state index contributed by atoms with van der Waals surface area (Å²) in [5, 5.41) is 0.560. The van der Waals surface area contributed by atoms with Gasteiger partial charge in [0.2, 0.25) is 0 Å². The highest BCUT2D eigenvalue weighted by Gasteiger charge is 2.38. The lowest BCUT2D eigenvalue weighted by molar-refractivity contribution is 0.103. The van der Waals surface area contributed by atoms with Crippen LogP contribution in [0.5, 0.6) is 0 Å². The zero-order chi connectivity index (χ0) is 17.7. The highest BCUT2D eigenvalue weighted by molar-refractivity contribution is 6.35. The first-order valence-corrected chi connectivity index (χ1v) is 8.95. The Kier molecular flexibility index (Phi) is 4.12. The van der Waals surface area contributed by atoms with E-state index in [9.17, 15) is 4.79 Å². The van der Waals surface area contributed by atoms with Crippen molar-refractivity contribution in [3.8, 4) is 0 Å². The Morgan fingerprint density at radius 2 is 1.42 bits per heavy atom. The minimum Gasteiger partial charge on any atom is -0.289 e. The van der Waals surface area contributed by atoms with Gasteiger partial charge in [-0.25, -0.2) is 0 Å². The van der Waals surface area contributed by atoms with Crippen LogP contribution in [0.15, 0.2) is 36.4 Å². The molecule has 0 spiro atoms. The summed E-state index contributed by atoms with van der Waals surface area (Å²) in [5.74, 6) is 0.00183. The fourth-order valence-corrected chi connectivity index (χ4v) is 3.87. The highest BCUT2D eigenvalue weighted by atomic mass is 35.5. The van der Waals surface area contributed by atoms with E-state index >= 15 is 0 Å². The lowest BCUT2D eigenvalue weighted by Crippen LogP contribution is -2.34. The summed E-state index contributed by atoms with van der Waals surface area (Å²) in [6.07, 6.45) is 2.25. The van der Waals surface area contributed by atoms with Crippen molar-refractivity contribution in [1.29, 1.82) is 0 Å². The van der Waals surface area contributed by atoms with E-state index in [1.54, 1.807) is 0 Å². The third-order valence-electron chi connectivity index (χ3n) is 5.50. The summed E-state index contributed by atoms with van der Waals surface area (Å²) >= 11 is 6.54. The molecule has 2 heteroatoms. The molecule has 0 saturated carbocycles. The molecule has 0 unspecified atom stereocenters. The molecule has 0 bridgehead atoms. The minimum atomic E-state index is 0.00183. The summed E-state index contributed by atoms with van der Waals surface area (Å²) in [6, 6.07) is 11.8. The Hall–Kier alpha value is -1.60. The van der Waals surface area contributed by atoms with Gasteiger partial charge in [0.1, 0.15) is 0 Å². The Balaban J connectivity index is 2.14. The lowest BCUT2D eigenvalue weighted by atomic mass is 9.63. The van der Waals surface area contributed by atoms with Gasteiger partial charge in [-0.15, -0.1) is 0 Å². The predicted octanol–water partition coefficient (Wildman–Crippen LogP) is 6.23. The van der Waals surface area contributed by atoms with Crippen LogP contribution < -0.4 is 0 Å². The van der Waals surface area contributed by atoms with E-state index < -0.39 is 0 Å². The molecule has 0 heterocycles. The normalized spacial score (nSPS) is 18.1. The first-order valence-electron chi connectivity index (χ1n) is 8.58. The van der Waals surface area contributed by atoms with Crippen molar-refractivity contribution in [2.45, 2.75) is 58.3 Å². The van der Waals surface area contributed by atoms with E-state index in [2.05, 4.69) is 27.7 Å². The number of benzene rings is 2. The molecular formula is C22H25ClO. The molecule has 0 fully saturated rings. The zero-order valence-electron chi connectivity index (χ0n) is 15.2. The molecule has 24 heavy (non-hydrogen) atoms. The average molecular weight is 341 g/mol. The van der Waals surface area contributed by atoms with E-state index in [4.69, 9.17) is 11.6 Å². The largest absolute Gasteiger partial charge is 0.289 e. The van der Waals surface area contributed by atoms with Crippen LogP contribution in [0.25, 0.3) is 0 Å². The van der Waals surface area contributed by atoms with Gasteiger partial charge < -0.3 is 0 Å². The van der Waals surface area contributed by atoms with Gasteiger partial charge in [0.05, 0.1) is 5.02 Å². The average Bonchev–Trinajstić information content (AvgIpc) is 2.52. The van der Waals surface area contributed by atoms with Crippen molar-refractivity contribution >= 4 is 17.4 Å². The monoisotopic (exact) mass is 340 g/mol. The highest BCUT2D eigenvalue weighted by Crippen LogP contribution is 2.47. The van der Waals surface area contributed by atoms with E-state index in [1.165, 1.54) is 11.1 Å². The quantitative estimate of drug-likeness (QED) is 0.592. The number of ketones is 1. The van der Waals surface area contributed by atoms with Gasteiger partial charge >= 0.3 is 0 Å². The van der Waals surface area contributed by atoms with Crippen LogP contribution in [0.3, 0.4) is 0 Å². The van der Waals surface area contributed by atoms with Crippen molar-refractivity contribution in [2.24, 2.45) is 0 Å². The van der Waals surface area contributed by atoms with Gasteiger partial charge in [-0.1, -0.05) is 69.1 Å². The SMILES string of the molecule is Cc1ccc(C(=O)c2cc3c(cc2Cl)C(C)(C)CCC3(C)C)cc1. The topological polar surface area (TPSA) is 17.1 Å². The van der Waals surface area contributed by atoms with Crippen LogP contribution >= 0.6 is 11.6 Å². The molecule has 1 aliphatic rings. The van der Waals surface area contributed by atoms with Crippen LogP contribution in [0.1, 0.15) is 73.1 Å². The maximum absolute atomic E-state index is 13.0. The smallest absolute Gasteiger partial charge is 0.194 e. The van der Waals surface area contributed by atoms with E-state index in [-0.39, 0.29) is 16.6 Å². The van der Waals surface area contributed by atoms with Crippen molar-refractivity contribution in [2.75, 3.05) is 0 Å². The number of hydrogen-bond acceptors (Lipinski definition) is 1. The molecule has 126 valence electrons. The Morgan fingerprint density at radius 1 is 0.917 bits per heavy atom. The molecule has 2 aromatic carbocycles. The van der Waals surface area contributed by atoms with Crippen LogP contribution in [0.4, 0.5) is 0 Å². The summed E-state index contributed by atoms with van der Waals surface area (Å²) in [5.41, 5.74) is 5.16. The number of carbonyl (C=O) groups excluding carboxylic acids is 1. The second-order valence-electron chi connectivity index (χ2n) is 8.34. The van der Waals surface area contributed by atoms with Crippen LogP contribution in [-0.4, -0.2) is 5.78 Å². The number of halogens is 1. The van der Waals surface area contributed by atoms with Crippen LogP contribution in [0, 0.1) is 6.92 Å². The number of rotatable bonds is 2. The molecule has 1 nitrogen and oxygen atoms in total. The van der Waals surface area contributed by atoms with Gasteiger partial charge in [-0.2, -0.15) is 0 Å². The molecule has 0 amide bonds. The van der Waals surface area contributed by atoms with Crippen molar-refractivity contribution in [1.82, 2.24) is 0 Å². The van der Waals surface area contributed by atoms with Crippen molar-refractivity contribution in [3.63, 3.8) is 0 Å². The predicted molar refractivity (Wildman–Crippen MR) is 101 cm³/mol. The third-order valence-corrected chi connectivity index (χ3v) is 5.81. The number of hydrogen-bond donors (Lipinski definition) is 0. The molecule has 0 saturated heterocycles. The molecule has 0 N–H and O–H groups in total. The molecule has 3 rings (SSSR count). The molecule has 0 aromatic heterocycles. The first-order chi connectivity index (χ1) is 11.1. The van der Waals surface area contributed by atoms with Gasteiger partial charge in [0.25, 0.3) is 0 Å². The van der Waals surface area contributed by atoms with E-state index in [1.807, 2.05) is 43.3 Å². The van der Waals surface area contributed by atoms with Crippen LogP contribution in [-0.2, 0) is 10.8 Å². The minimum absolute atomic E-state index is 0.00183. The standard InChI is InChI=1S/C22H25ClO/c1-14-6-8-15(9-7-14)20(24)16-12-17-18(13-19(16)23)22(4,5)11-10-21(17,2)3/h6-9,12-13H,10-11H2,1-5H3. The summed E-state index contributed by atoms with van der Waals surface area (Å²) in [7, 11) is 0. The molecule has 1 aliphatic carbocycles. The molecule has 0 aliphatic heterocycles. The van der Waals surface area contributed by atoms with Gasteiger partial charge in [0.15, 0.2) is 5.78 Å². The van der Waals surface area contributed by atoms with Gasteiger partial charge in [-0.05, 0) is 53.9 Å². The Morgan fingerprint density at radius 3 is 1.96 bits per heavy atom. The molecule has 0 radical (unpaired) electrons. The summed E-state index contributed by atoms with van der Waals surface area (Å²) in [6.45, 7) is 11.1. The lowest BCUT2D eigenvalue weighted by Gasteiger charge is -2.42. The fourth-order valence-electron chi connectivity index (χ4n) is 3.62. The molecule has 2 aromatic rings. The van der Waals surface area contributed by atoms with Gasteiger partial charge in [-0.3, -0.25) is 4.79 Å². The first kappa shape index (κ1) is 17.2. The maximum Gasteiger partial charge on any atom is 0.194 e. The number of aryl methyl sites for hydroxylation is 1. The Labute approximate surface area is 150 Å².